The molecule has 18 nitrogen and oxygen atoms in total. The third-order valence-corrected chi connectivity index (χ3v) is 16.6. The number of cyclic esters (lactones) is 1. The molecule has 430 valence electrons. The molecule has 15 atom stereocenters. The van der Waals surface area contributed by atoms with E-state index >= 15 is 0 Å². The van der Waals surface area contributed by atoms with Gasteiger partial charge in [-0.25, -0.2) is 9.48 Å². The first-order chi connectivity index (χ1) is 37.2. The number of ketones is 3. The van der Waals surface area contributed by atoms with E-state index < -0.39 is 77.8 Å². The number of hydrogen-bond acceptors (Lipinski definition) is 16. The van der Waals surface area contributed by atoms with Crippen LogP contribution in [0.25, 0.3) is 5.69 Å². The van der Waals surface area contributed by atoms with Gasteiger partial charge in [-0.3, -0.25) is 19.2 Å². The van der Waals surface area contributed by atoms with Crippen LogP contribution in [0, 0.1) is 35.5 Å². The van der Waals surface area contributed by atoms with Crippen molar-refractivity contribution in [2.75, 3.05) is 33.6 Å². The summed E-state index contributed by atoms with van der Waals surface area (Å²) in [4.78, 5) is 72.9. The molecule has 2 bridgehead atoms. The van der Waals surface area contributed by atoms with Crippen LogP contribution in [-0.2, 0) is 59.0 Å². The van der Waals surface area contributed by atoms with Crippen molar-refractivity contribution < 1.29 is 62.6 Å². The molecule has 2 saturated heterocycles. The SMILES string of the molecule is CO[C@H]1C[C@@H]2CC[C@@H](C)[C@@](O)(O2)C(=O)C(=O)N2CCCC[C@H]2C(=O)O[C@H]([C@H](C)C[C@@H]2CC[C@@H](OCc3cn(-c4ccc(N)cc4)nn3)[C@H](OC)C2)CC(=O)[C@H](C)/C=C(\C)[C@@H](O)[C@@H](OC)C(=O)[C@H](C)C[C@H](C)/C=C/C=C/C=C/1C. The standard InChI is InChI=1S/C60H87N5O13/c1-36-16-12-11-13-17-37(2)51(73-8)32-47-25-19-42(7)60(72,78-47)57(69)58(70)64-27-15-14-18-48(64)59(71)77-52(33-49(66)38(3)29-41(6)55(68)56(75-10)54(67)40(5)28-36)39(4)30-43-20-26-50(53(31-43)74-9)76-35-45-34-65(63-62-45)46-23-21-44(61)22-24-46/h11-13,16-17,21-24,29,34,36,38-40,42-43,47-48,50-53,55-56,68,72H,14-15,18-20,25-28,30-33,35,61H2,1-10H3/b13-11+,16-12+,37-17+,41-29+/t36-,38-,39-,40-,42-,43+,47+,48+,50-,51+,52+,53-,55-,56+,60-/m1/s1. The number of anilines is 1. The summed E-state index contributed by atoms with van der Waals surface area (Å²) >= 11 is 0. The summed E-state index contributed by atoms with van der Waals surface area (Å²) in [5.41, 5.74) is 9.24. The van der Waals surface area contributed by atoms with E-state index in [0.717, 1.165) is 17.7 Å². The molecular weight excluding hydrogens is 999 g/mol. The number of esters is 1. The average molecular weight is 1090 g/mol. The molecule has 1 amide bonds. The highest BCUT2D eigenvalue weighted by Crippen LogP contribution is 2.38. The smallest absolute Gasteiger partial charge is 0.329 e. The second-order valence-electron chi connectivity index (χ2n) is 22.6. The molecule has 4 heterocycles. The number of carbonyl (C=O) groups excluding carboxylic acids is 5. The van der Waals surface area contributed by atoms with Crippen LogP contribution in [0.15, 0.2) is 78.1 Å². The van der Waals surface area contributed by atoms with Crippen molar-refractivity contribution in [1.29, 1.82) is 0 Å². The van der Waals surface area contributed by atoms with Gasteiger partial charge in [-0.05, 0) is 131 Å². The largest absolute Gasteiger partial charge is 0.460 e. The van der Waals surface area contributed by atoms with E-state index in [1.165, 1.54) is 12.0 Å². The number of hydrogen-bond donors (Lipinski definition) is 3. The number of aliphatic hydroxyl groups excluding tert-OH is 1. The van der Waals surface area contributed by atoms with Gasteiger partial charge in [0.1, 0.15) is 35.8 Å². The first kappa shape index (κ1) is 62.0. The van der Waals surface area contributed by atoms with Crippen LogP contribution in [0.4, 0.5) is 5.69 Å². The number of aliphatic hydroxyl groups is 2. The summed E-state index contributed by atoms with van der Waals surface area (Å²) in [6.45, 7) is 13.0. The topological polar surface area (TPSA) is 241 Å². The van der Waals surface area contributed by atoms with Crippen LogP contribution < -0.4 is 5.73 Å². The fourth-order valence-corrected chi connectivity index (χ4v) is 11.6. The molecule has 6 rings (SSSR count). The molecule has 0 spiro atoms. The van der Waals surface area contributed by atoms with E-state index in [0.29, 0.717) is 74.7 Å². The molecule has 3 aliphatic heterocycles. The molecule has 0 radical (unpaired) electrons. The third-order valence-electron chi connectivity index (χ3n) is 16.6. The van der Waals surface area contributed by atoms with E-state index in [1.807, 2.05) is 76.4 Å². The normalized spacial score (nSPS) is 35.6. The van der Waals surface area contributed by atoms with E-state index in [1.54, 1.807) is 57.9 Å². The summed E-state index contributed by atoms with van der Waals surface area (Å²) < 4.78 is 38.1. The highest BCUT2D eigenvalue weighted by Gasteiger charge is 2.53. The number of aromatic nitrogens is 3. The van der Waals surface area contributed by atoms with Gasteiger partial charge < -0.3 is 49.3 Å². The fourth-order valence-electron chi connectivity index (χ4n) is 11.6. The summed E-state index contributed by atoms with van der Waals surface area (Å²) in [6, 6.07) is 6.15. The van der Waals surface area contributed by atoms with Gasteiger partial charge in [0.05, 0.1) is 42.9 Å². The van der Waals surface area contributed by atoms with E-state index in [4.69, 9.17) is 34.2 Å². The Hall–Kier alpha value is -5.21. The van der Waals surface area contributed by atoms with Gasteiger partial charge >= 0.3 is 5.97 Å². The average Bonchev–Trinajstić information content (AvgIpc) is 3.94. The van der Waals surface area contributed by atoms with Crippen LogP contribution in [0.1, 0.15) is 131 Å². The van der Waals surface area contributed by atoms with Crippen molar-refractivity contribution in [3.8, 4) is 5.69 Å². The Bertz CT molecular complexity index is 2470. The predicted molar refractivity (Wildman–Crippen MR) is 293 cm³/mol. The summed E-state index contributed by atoms with van der Waals surface area (Å²) in [6.07, 6.45) is 13.5. The molecule has 78 heavy (non-hydrogen) atoms. The molecular formula is C60H87N5O13. The fraction of sp³-hybridized carbons (Fsp3) is 0.650. The van der Waals surface area contributed by atoms with E-state index in [-0.39, 0.29) is 67.5 Å². The number of Topliss-reactive ketones (excluding diaryl/α,β-unsaturated/α-hetero) is 3. The number of allylic oxidation sites excluding steroid dienone is 6. The van der Waals surface area contributed by atoms with Crippen LogP contribution in [0.5, 0.6) is 0 Å². The van der Waals surface area contributed by atoms with E-state index in [9.17, 15) is 34.2 Å². The molecule has 1 aromatic heterocycles. The molecule has 1 aromatic carbocycles. The van der Waals surface area contributed by atoms with Gasteiger partial charge in [-0.15, -0.1) is 5.10 Å². The van der Waals surface area contributed by atoms with Gasteiger partial charge in [0.25, 0.3) is 11.7 Å². The van der Waals surface area contributed by atoms with Crippen LogP contribution in [-0.4, -0.2) is 142 Å². The molecule has 1 saturated carbocycles. The maximum Gasteiger partial charge on any atom is 0.329 e. The lowest BCUT2D eigenvalue weighted by molar-refractivity contribution is -0.265. The molecule has 0 unspecified atom stereocenters. The van der Waals surface area contributed by atoms with Crippen molar-refractivity contribution >= 4 is 34.9 Å². The van der Waals surface area contributed by atoms with Gasteiger partial charge in [-0.1, -0.05) is 76.3 Å². The number of piperidine rings is 1. The van der Waals surface area contributed by atoms with E-state index in [2.05, 4.69) is 10.3 Å². The van der Waals surface area contributed by atoms with Gasteiger partial charge in [0, 0.05) is 64.2 Å². The second-order valence-corrected chi connectivity index (χ2v) is 22.6. The minimum Gasteiger partial charge on any atom is -0.460 e. The lowest BCUT2D eigenvalue weighted by Gasteiger charge is -2.42. The summed E-state index contributed by atoms with van der Waals surface area (Å²) in [5.74, 6) is -8.11. The van der Waals surface area contributed by atoms with Gasteiger partial charge in [0.15, 0.2) is 5.78 Å². The number of amides is 1. The number of nitrogens with two attached hydrogens (primary N) is 1. The predicted octanol–water partition coefficient (Wildman–Crippen LogP) is 7.57. The number of rotatable bonds is 10. The molecule has 4 N–H and O–H groups in total. The first-order valence-electron chi connectivity index (χ1n) is 28.0. The Labute approximate surface area is 461 Å². The number of fused-ring (bicyclic) bond motifs is 3. The van der Waals surface area contributed by atoms with Crippen LogP contribution in [0.2, 0.25) is 0 Å². The van der Waals surface area contributed by atoms with Crippen molar-refractivity contribution in [3.05, 3.63) is 83.8 Å². The lowest BCUT2D eigenvalue weighted by Crippen LogP contribution is -2.61. The minimum absolute atomic E-state index is 0.00729. The summed E-state index contributed by atoms with van der Waals surface area (Å²) in [7, 11) is 4.62. The molecule has 2 aromatic rings. The highest BCUT2D eigenvalue weighted by atomic mass is 16.6. The van der Waals surface area contributed by atoms with Crippen molar-refractivity contribution in [1.82, 2.24) is 19.9 Å². The first-order valence-corrected chi connectivity index (χ1v) is 28.0. The Morgan fingerprint density at radius 2 is 1.60 bits per heavy atom. The number of benzene rings is 1. The Morgan fingerprint density at radius 3 is 2.31 bits per heavy atom. The van der Waals surface area contributed by atoms with Gasteiger partial charge in [-0.2, -0.15) is 0 Å². The monoisotopic (exact) mass is 1090 g/mol. The molecule has 4 aliphatic rings. The Morgan fingerprint density at radius 1 is 0.859 bits per heavy atom. The lowest BCUT2D eigenvalue weighted by atomic mass is 9.78. The Balaban J connectivity index is 1.24. The number of nitrogens with zero attached hydrogens (tertiary/aromatic N) is 4. The summed E-state index contributed by atoms with van der Waals surface area (Å²) in [5, 5.41) is 32.2. The zero-order valence-corrected chi connectivity index (χ0v) is 47.6. The number of ether oxygens (including phenoxy) is 6. The maximum atomic E-state index is 14.6. The molecule has 18 heteroatoms. The number of nitrogen functional groups attached to an aromatic ring is 1. The van der Waals surface area contributed by atoms with Crippen molar-refractivity contribution in [3.63, 3.8) is 0 Å². The van der Waals surface area contributed by atoms with Crippen molar-refractivity contribution in [2.24, 2.45) is 35.5 Å². The molecule has 3 fully saturated rings. The second kappa shape index (κ2) is 28.8. The number of methoxy groups -OCH3 is 3. The van der Waals surface area contributed by atoms with Crippen LogP contribution >= 0.6 is 0 Å². The maximum absolute atomic E-state index is 14.6. The molecule has 1 aliphatic carbocycles. The zero-order chi connectivity index (χ0) is 56.8. The van der Waals surface area contributed by atoms with Crippen LogP contribution in [0.3, 0.4) is 0 Å². The van der Waals surface area contributed by atoms with Gasteiger partial charge in [0.2, 0.25) is 5.79 Å². The Kier molecular flexibility index (Phi) is 22.9. The third kappa shape index (κ3) is 16.0. The zero-order valence-electron chi connectivity index (χ0n) is 47.6. The quantitative estimate of drug-likeness (QED) is 0.0899. The highest BCUT2D eigenvalue weighted by molar-refractivity contribution is 6.39. The minimum atomic E-state index is -2.45. The number of carbonyl (C=O) groups is 5. The van der Waals surface area contributed by atoms with Crippen molar-refractivity contribution in [2.45, 2.75) is 187 Å².